The van der Waals surface area contributed by atoms with Crippen molar-refractivity contribution in [2.45, 2.75) is 27.2 Å². The first-order valence-electron chi connectivity index (χ1n) is 5.77. The van der Waals surface area contributed by atoms with Crippen molar-refractivity contribution >= 4 is 5.78 Å². The molecule has 0 aliphatic rings. The van der Waals surface area contributed by atoms with Crippen molar-refractivity contribution in [2.24, 2.45) is 5.92 Å². The standard InChI is InChI=1S/C14H20O2/c1-11(2)7-8-16-10-14(15)13-6-4-5-12(3)9-13/h4-6,9,11H,7-8,10H2,1-3H3. The Bertz CT molecular complexity index is 342. The maximum absolute atomic E-state index is 11.7. The third-order valence-electron chi connectivity index (χ3n) is 2.41. The second-order valence-electron chi connectivity index (χ2n) is 4.53. The van der Waals surface area contributed by atoms with Gasteiger partial charge in [0.1, 0.15) is 6.61 Å². The molecule has 0 aliphatic heterocycles. The van der Waals surface area contributed by atoms with E-state index < -0.39 is 0 Å². The van der Waals surface area contributed by atoms with Crippen LogP contribution in [-0.2, 0) is 4.74 Å². The van der Waals surface area contributed by atoms with Gasteiger partial charge >= 0.3 is 0 Å². The molecule has 0 amide bonds. The molecule has 0 radical (unpaired) electrons. The summed E-state index contributed by atoms with van der Waals surface area (Å²) in [6.07, 6.45) is 1.00. The van der Waals surface area contributed by atoms with Gasteiger partial charge in [0, 0.05) is 12.2 Å². The molecular weight excluding hydrogens is 200 g/mol. The van der Waals surface area contributed by atoms with E-state index in [1.165, 1.54) is 0 Å². The van der Waals surface area contributed by atoms with Crippen molar-refractivity contribution in [3.05, 3.63) is 35.4 Å². The molecule has 0 atom stereocenters. The van der Waals surface area contributed by atoms with Crippen LogP contribution in [0.25, 0.3) is 0 Å². The molecule has 2 heteroatoms. The fourth-order valence-electron chi connectivity index (χ4n) is 1.39. The molecule has 0 saturated carbocycles. The average molecular weight is 220 g/mol. The maximum Gasteiger partial charge on any atom is 0.188 e. The van der Waals surface area contributed by atoms with E-state index in [0.717, 1.165) is 17.5 Å². The van der Waals surface area contributed by atoms with Gasteiger partial charge in [0.2, 0.25) is 0 Å². The molecule has 0 fully saturated rings. The number of hydrogen-bond acceptors (Lipinski definition) is 2. The number of ketones is 1. The predicted molar refractivity (Wildman–Crippen MR) is 65.8 cm³/mol. The topological polar surface area (TPSA) is 26.3 Å². The van der Waals surface area contributed by atoms with E-state index in [2.05, 4.69) is 13.8 Å². The Hall–Kier alpha value is -1.15. The van der Waals surface area contributed by atoms with Crippen LogP contribution in [0.3, 0.4) is 0 Å². The summed E-state index contributed by atoms with van der Waals surface area (Å²) in [5.74, 6) is 0.682. The van der Waals surface area contributed by atoms with E-state index in [1.807, 2.05) is 31.2 Å². The van der Waals surface area contributed by atoms with Crippen molar-refractivity contribution in [2.75, 3.05) is 13.2 Å². The monoisotopic (exact) mass is 220 g/mol. The third kappa shape index (κ3) is 4.58. The van der Waals surface area contributed by atoms with Crippen LogP contribution in [0, 0.1) is 12.8 Å². The van der Waals surface area contributed by atoms with E-state index >= 15 is 0 Å². The summed E-state index contributed by atoms with van der Waals surface area (Å²) in [6.45, 7) is 7.12. The minimum Gasteiger partial charge on any atom is -0.373 e. The van der Waals surface area contributed by atoms with Crippen LogP contribution in [-0.4, -0.2) is 19.0 Å². The molecule has 1 aromatic carbocycles. The lowest BCUT2D eigenvalue weighted by Crippen LogP contribution is -2.10. The summed E-state index contributed by atoms with van der Waals surface area (Å²) < 4.78 is 5.35. The first-order chi connectivity index (χ1) is 7.59. The molecule has 88 valence electrons. The van der Waals surface area contributed by atoms with Crippen molar-refractivity contribution in [1.82, 2.24) is 0 Å². The number of benzene rings is 1. The number of aryl methyl sites for hydroxylation is 1. The van der Waals surface area contributed by atoms with E-state index in [1.54, 1.807) is 0 Å². The van der Waals surface area contributed by atoms with Gasteiger partial charge in [0.15, 0.2) is 5.78 Å². The molecule has 0 N–H and O–H groups in total. The molecule has 0 heterocycles. The molecule has 1 aromatic rings. The van der Waals surface area contributed by atoms with E-state index in [4.69, 9.17) is 4.74 Å². The molecular formula is C14H20O2. The largest absolute Gasteiger partial charge is 0.373 e. The van der Waals surface area contributed by atoms with E-state index in [-0.39, 0.29) is 12.4 Å². The zero-order valence-corrected chi connectivity index (χ0v) is 10.3. The summed E-state index contributed by atoms with van der Waals surface area (Å²) in [7, 11) is 0. The summed E-state index contributed by atoms with van der Waals surface area (Å²) in [5.41, 5.74) is 1.84. The fourth-order valence-corrected chi connectivity index (χ4v) is 1.39. The number of carbonyl (C=O) groups is 1. The Labute approximate surface area is 97.6 Å². The summed E-state index contributed by atoms with van der Waals surface area (Å²) >= 11 is 0. The number of rotatable bonds is 6. The smallest absolute Gasteiger partial charge is 0.188 e. The van der Waals surface area contributed by atoms with E-state index in [9.17, 15) is 4.79 Å². The minimum absolute atomic E-state index is 0.0625. The number of carbonyl (C=O) groups excluding carboxylic acids is 1. The maximum atomic E-state index is 11.7. The van der Waals surface area contributed by atoms with Gasteiger partial charge in [-0.1, -0.05) is 37.6 Å². The van der Waals surface area contributed by atoms with Gasteiger partial charge in [-0.15, -0.1) is 0 Å². The highest BCUT2D eigenvalue weighted by Gasteiger charge is 2.05. The first-order valence-corrected chi connectivity index (χ1v) is 5.77. The van der Waals surface area contributed by atoms with Crippen molar-refractivity contribution < 1.29 is 9.53 Å². The Kier molecular flexibility index (Phi) is 5.20. The van der Waals surface area contributed by atoms with Crippen LogP contribution >= 0.6 is 0 Å². The summed E-state index contributed by atoms with van der Waals surface area (Å²) in [5, 5.41) is 0. The van der Waals surface area contributed by atoms with Crippen molar-refractivity contribution in [1.29, 1.82) is 0 Å². The molecule has 2 nitrogen and oxygen atoms in total. The molecule has 16 heavy (non-hydrogen) atoms. The zero-order chi connectivity index (χ0) is 12.0. The highest BCUT2D eigenvalue weighted by atomic mass is 16.5. The molecule has 0 aromatic heterocycles. The lowest BCUT2D eigenvalue weighted by atomic mass is 10.1. The number of ether oxygens (including phenoxy) is 1. The van der Waals surface area contributed by atoms with Gasteiger partial charge in [-0.3, -0.25) is 4.79 Å². The van der Waals surface area contributed by atoms with Crippen LogP contribution in [0.5, 0.6) is 0 Å². The van der Waals surface area contributed by atoms with Crippen LogP contribution in [0.15, 0.2) is 24.3 Å². The van der Waals surface area contributed by atoms with Crippen LogP contribution in [0.2, 0.25) is 0 Å². The van der Waals surface area contributed by atoms with Crippen molar-refractivity contribution in [3.63, 3.8) is 0 Å². The molecule has 0 saturated heterocycles. The second-order valence-corrected chi connectivity index (χ2v) is 4.53. The van der Waals surface area contributed by atoms with Gasteiger partial charge in [-0.05, 0) is 25.3 Å². The Morgan fingerprint density at radius 2 is 2.12 bits per heavy atom. The van der Waals surface area contributed by atoms with Crippen LogP contribution in [0.4, 0.5) is 0 Å². The van der Waals surface area contributed by atoms with Gasteiger partial charge < -0.3 is 4.74 Å². The highest BCUT2D eigenvalue weighted by Crippen LogP contribution is 2.05. The molecule has 0 aliphatic carbocycles. The molecule has 0 unspecified atom stereocenters. The normalized spacial score (nSPS) is 10.8. The Balaban J connectivity index is 2.35. The SMILES string of the molecule is Cc1cccc(C(=O)COCCC(C)C)c1. The van der Waals surface area contributed by atoms with Crippen LogP contribution < -0.4 is 0 Å². The van der Waals surface area contributed by atoms with Crippen LogP contribution in [0.1, 0.15) is 36.2 Å². The zero-order valence-electron chi connectivity index (χ0n) is 10.3. The van der Waals surface area contributed by atoms with Gasteiger partial charge in [-0.2, -0.15) is 0 Å². The van der Waals surface area contributed by atoms with Gasteiger partial charge in [0.05, 0.1) is 0 Å². The molecule has 0 bridgehead atoms. The van der Waals surface area contributed by atoms with Crippen molar-refractivity contribution in [3.8, 4) is 0 Å². The minimum atomic E-state index is 0.0625. The summed E-state index contributed by atoms with van der Waals surface area (Å²) in [6, 6.07) is 7.61. The predicted octanol–water partition coefficient (Wildman–Crippen LogP) is 3.24. The number of Topliss-reactive ketones (excluding diaryl/α,β-unsaturated/α-hetero) is 1. The lowest BCUT2D eigenvalue weighted by molar-refractivity contribution is 0.0739. The molecule has 1 rings (SSSR count). The van der Waals surface area contributed by atoms with Gasteiger partial charge in [-0.25, -0.2) is 0 Å². The van der Waals surface area contributed by atoms with Gasteiger partial charge in [0.25, 0.3) is 0 Å². The lowest BCUT2D eigenvalue weighted by Gasteiger charge is -2.06. The number of hydrogen-bond donors (Lipinski definition) is 0. The van der Waals surface area contributed by atoms with E-state index in [0.29, 0.717) is 12.5 Å². The fraction of sp³-hybridized carbons (Fsp3) is 0.500. The molecule has 0 spiro atoms. The second kappa shape index (κ2) is 6.44. The highest BCUT2D eigenvalue weighted by molar-refractivity contribution is 5.97. The average Bonchev–Trinajstić information content (AvgIpc) is 2.24. The third-order valence-corrected chi connectivity index (χ3v) is 2.41. The first kappa shape index (κ1) is 12.9. The Morgan fingerprint density at radius 1 is 1.38 bits per heavy atom. The summed E-state index contributed by atoms with van der Waals surface area (Å²) in [4.78, 5) is 11.7. The Morgan fingerprint density at radius 3 is 2.75 bits per heavy atom. The quantitative estimate of drug-likeness (QED) is 0.543.